The van der Waals surface area contributed by atoms with Crippen molar-refractivity contribution in [1.82, 2.24) is 56.0 Å². The Balaban J connectivity index is 0.000000177. The molecular formula is C99H116F2N14O6. The lowest BCUT2D eigenvalue weighted by atomic mass is 9.90. The van der Waals surface area contributed by atoms with E-state index in [1.165, 1.54) is 69.8 Å². The molecule has 4 heterocycles. The van der Waals surface area contributed by atoms with Crippen molar-refractivity contribution in [2.75, 3.05) is 92.6 Å². The zero-order valence-corrected chi connectivity index (χ0v) is 69.4. The van der Waals surface area contributed by atoms with Crippen LogP contribution in [-0.2, 0) is 24.0 Å². The van der Waals surface area contributed by atoms with Crippen LogP contribution in [0.25, 0.3) is 23.4 Å². The molecule has 6 atom stereocenters. The van der Waals surface area contributed by atoms with Gasteiger partial charge in [0.15, 0.2) is 0 Å². The number of carbonyl (C=O) groups excluding carboxylic acids is 6. The molecule has 0 aliphatic carbocycles. The van der Waals surface area contributed by atoms with Crippen LogP contribution in [0.2, 0.25) is 0 Å². The molecule has 3 aliphatic rings. The number of halogens is 2. The maximum Gasteiger partial charge on any atom is 0.269 e. The first-order valence-electron chi connectivity index (χ1n) is 42.3. The minimum Gasteiger partial charge on any atom is -0.351 e. The molecule has 0 bridgehead atoms. The van der Waals surface area contributed by atoms with Gasteiger partial charge in [0.1, 0.15) is 17.3 Å². The van der Waals surface area contributed by atoms with Crippen LogP contribution < -0.4 is 38.5 Å². The first kappa shape index (κ1) is 89.9. The molecule has 10 aromatic rings. The summed E-state index contributed by atoms with van der Waals surface area (Å²) in [5.41, 5.74) is 28.1. The Labute approximate surface area is 711 Å². The number of carbonyl (C=O) groups is 6. The fraction of sp³-hybridized carbons (Fsp3) is 0.323. The first-order valence-corrected chi connectivity index (χ1v) is 42.3. The Bertz CT molecular complexity index is 4750. The number of aromatic amines is 1. The Kier molecular flexibility index (Phi) is 35.1. The maximum atomic E-state index is 13.9. The summed E-state index contributed by atoms with van der Waals surface area (Å²) in [4.78, 5) is 89.7. The fourth-order valence-electron chi connectivity index (χ4n) is 16.0. The van der Waals surface area contributed by atoms with E-state index in [1.54, 1.807) is 54.4 Å². The highest BCUT2D eigenvalue weighted by molar-refractivity contribution is 5.94. The maximum absolute atomic E-state index is 13.9. The Hall–Kier alpha value is -11.9. The minimum absolute atomic E-state index is 0.00760. The SMILES string of the molecule is CN(C[C@@H]1CCN(CC(c2ccccc2)c2ccccc2)C(=O)[C@H](CCCN)N1)C(=O)/C=C/c1ccc(F)cc1.CN1[C@H](CNC(=O)/C=C/c2ccc(F)cc2)CCN(CC(c2ccccc2)c2ccccc2)C(=O)[C@@H]1CCCN.NCCC[C@@H]1N[C@H](CNC(=O)c2cc(-c3ccccc3)n[nH]2)CCN(CC(c2ccccc2)c2ccccc2)C1=O. The third-order valence-electron chi connectivity index (χ3n) is 22.8. The number of hydrogen-bond donors (Lipinski definition) is 8. The monoisotopic (exact) mass is 1630 g/mol. The van der Waals surface area contributed by atoms with Crippen LogP contribution in [0, 0.1) is 11.6 Å². The van der Waals surface area contributed by atoms with Gasteiger partial charge in [-0.25, -0.2) is 8.78 Å². The van der Waals surface area contributed by atoms with Crippen LogP contribution in [0.3, 0.4) is 0 Å². The largest absolute Gasteiger partial charge is 0.351 e. The summed E-state index contributed by atoms with van der Waals surface area (Å²) in [6.07, 6.45) is 12.7. The van der Waals surface area contributed by atoms with Gasteiger partial charge in [0.05, 0.1) is 23.8 Å². The number of nitrogens with zero attached hydrogens (tertiary/aromatic N) is 6. The normalized spacial score (nSPS) is 17.8. The molecule has 0 radical (unpaired) electrons. The molecule has 0 saturated carbocycles. The van der Waals surface area contributed by atoms with Gasteiger partial charge in [0.25, 0.3) is 5.91 Å². The lowest BCUT2D eigenvalue weighted by molar-refractivity contribution is -0.136. The van der Waals surface area contributed by atoms with E-state index in [0.717, 1.165) is 60.9 Å². The number of nitrogens with one attached hydrogen (secondary N) is 5. The number of aromatic nitrogens is 2. The molecule has 22 heteroatoms. The van der Waals surface area contributed by atoms with E-state index < -0.39 is 0 Å². The van der Waals surface area contributed by atoms with Crippen LogP contribution in [0.5, 0.6) is 0 Å². The molecule has 3 aliphatic heterocycles. The van der Waals surface area contributed by atoms with Crippen molar-refractivity contribution >= 4 is 47.6 Å². The van der Waals surface area contributed by atoms with E-state index in [9.17, 15) is 37.5 Å². The second-order valence-corrected chi connectivity index (χ2v) is 31.3. The topological polar surface area (TPSA) is 273 Å². The number of amides is 6. The van der Waals surface area contributed by atoms with E-state index >= 15 is 0 Å². The standard InChI is InChI=1S/2C33H39FN4O2.C33H38N6O2/c1-37(32(39)19-16-25-14-17-28(34)18-15-25)23-29-20-22-38(33(40)31(36-29)13-8-21-35)24-30(26-9-4-2-5-10-26)27-11-6-3-7-12-27;1-37-29(23-36-32(39)19-16-25-14-17-28(34)18-15-25)20-22-38(33(40)31(37)13-8-21-35)24-30(26-9-4-2-5-10-26)27-11-6-3-7-12-27;34-19-10-17-29-33(41)39(23-28(24-11-4-1-5-12-24)25-13-6-2-7-14-25)20-18-27(36-29)22-35-32(40)31-21-30(37-38-31)26-15-8-3-9-16-26/h2-7,9-12,14-19,29-31,36H,8,13,20-24,35H2,1H3;2-7,9-12,14-19,29-31H,8,13,20-24,35H2,1H3,(H,36,39);1-9,11-16,21,27-29,36H,10,17-20,22-23,34H2,(H,35,40)(H,37,38)/b2*19-16+;/t2*29-,31-;27-,29-/m000/s1. The second kappa shape index (κ2) is 47.2. The van der Waals surface area contributed by atoms with Crippen molar-refractivity contribution in [3.63, 3.8) is 0 Å². The molecule has 1 aromatic heterocycles. The number of H-pyrrole nitrogens is 1. The van der Waals surface area contributed by atoms with E-state index in [1.807, 2.05) is 161 Å². The third-order valence-corrected chi connectivity index (χ3v) is 22.8. The molecule has 6 amide bonds. The molecule has 9 aromatic carbocycles. The van der Waals surface area contributed by atoms with Gasteiger partial charge in [0, 0.05) is 120 Å². The molecule has 13 rings (SSSR count). The number of benzene rings is 9. The first-order chi connectivity index (χ1) is 59.0. The van der Waals surface area contributed by atoms with Gasteiger partial charge >= 0.3 is 0 Å². The number of hydrogen-bond acceptors (Lipinski definition) is 13. The molecule has 3 saturated heterocycles. The van der Waals surface area contributed by atoms with Gasteiger partial charge in [-0.1, -0.05) is 237 Å². The fourth-order valence-corrected chi connectivity index (χ4v) is 16.0. The zero-order chi connectivity index (χ0) is 85.1. The highest BCUT2D eigenvalue weighted by atomic mass is 19.1. The molecule has 3 fully saturated rings. The van der Waals surface area contributed by atoms with Crippen LogP contribution in [-0.4, -0.2) is 199 Å². The predicted molar refractivity (Wildman–Crippen MR) is 477 cm³/mol. The summed E-state index contributed by atoms with van der Waals surface area (Å²) in [7, 11) is 3.73. The van der Waals surface area contributed by atoms with Crippen molar-refractivity contribution in [3.8, 4) is 11.3 Å². The molecule has 632 valence electrons. The molecule has 0 spiro atoms. The van der Waals surface area contributed by atoms with E-state index in [2.05, 4.69) is 109 Å². The van der Waals surface area contributed by atoms with E-state index in [0.29, 0.717) is 103 Å². The summed E-state index contributed by atoms with van der Waals surface area (Å²) in [6, 6.07) is 84.3. The summed E-state index contributed by atoms with van der Waals surface area (Å²) < 4.78 is 26.3. The van der Waals surface area contributed by atoms with Crippen molar-refractivity contribution in [2.45, 2.75) is 112 Å². The summed E-state index contributed by atoms with van der Waals surface area (Å²) >= 11 is 0. The molecular weight excluding hydrogens is 1520 g/mol. The second-order valence-electron chi connectivity index (χ2n) is 31.3. The van der Waals surface area contributed by atoms with Gasteiger partial charge in [0.2, 0.25) is 29.5 Å². The summed E-state index contributed by atoms with van der Waals surface area (Å²) in [6.45, 7) is 6.39. The van der Waals surface area contributed by atoms with Crippen LogP contribution in [0.15, 0.2) is 279 Å². The Morgan fingerprint density at radius 2 is 0.860 bits per heavy atom. The molecule has 0 unspecified atom stereocenters. The van der Waals surface area contributed by atoms with E-state index in [-0.39, 0.29) is 101 Å². The minimum atomic E-state index is -0.360. The number of nitrogens with two attached hydrogens (primary N) is 3. The lowest BCUT2D eigenvalue weighted by Crippen LogP contribution is -2.50. The van der Waals surface area contributed by atoms with Gasteiger partial charge in [-0.2, -0.15) is 5.10 Å². The molecule has 121 heavy (non-hydrogen) atoms. The Morgan fingerprint density at radius 1 is 0.479 bits per heavy atom. The smallest absolute Gasteiger partial charge is 0.269 e. The lowest BCUT2D eigenvalue weighted by Gasteiger charge is -2.33. The van der Waals surface area contributed by atoms with Crippen molar-refractivity contribution < 1.29 is 37.5 Å². The van der Waals surface area contributed by atoms with Gasteiger partial charge < -0.3 is 58.1 Å². The van der Waals surface area contributed by atoms with Gasteiger partial charge in [-0.05, 0) is 171 Å². The Morgan fingerprint density at radius 3 is 1.29 bits per heavy atom. The van der Waals surface area contributed by atoms with Crippen LogP contribution in [0.4, 0.5) is 8.78 Å². The van der Waals surface area contributed by atoms with Crippen molar-refractivity contribution in [2.24, 2.45) is 17.2 Å². The third kappa shape index (κ3) is 27.1. The van der Waals surface area contributed by atoms with E-state index in [4.69, 9.17) is 17.2 Å². The van der Waals surface area contributed by atoms with Crippen LogP contribution in [0.1, 0.15) is 131 Å². The summed E-state index contributed by atoms with van der Waals surface area (Å²) in [5, 5.41) is 20.2. The number of likely N-dealkylation sites (N-methyl/N-ethyl adjacent to an activating group) is 2. The highest BCUT2D eigenvalue weighted by Gasteiger charge is 2.38. The van der Waals surface area contributed by atoms with Gasteiger partial charge in [-0.3, -0.25) is 38.8 Å². The summed E-state index contributed by atoms with van der Waals surface area (Å²) in [5.74, 6) is -0.773. The highest BCUT2D eigenvalue weighted by Crippen LogP contribution is 2.32. The zero-order valence-electron chi connectivity index (χ0n) is 69.4. The van der Waals surface area contributed by atoms with Gasteiger partial charge in [-0.15, -0.1) is 0 Å². The molecule has 11 N–H and O–H groups in total. The quantitative estimate of drug-likeness (QED) is 0.0178. The average molecular weight is 1640 g/mol. The molecule has 20 nitrogen and oxygen atoms in total. The van der Waals surface area contributed by atoms with Crippen molar-refractivity contribution in [3.05, 3.63) is 341 Å². The predicted octanol–water partition coefficient (Wildman–Crippen LogP) is 12.8. The van der Waals surface area contributed by atoms with Crippen LogP contribution >= 0.6 is 0 Å². The van der Waals surface area contributed by atoms with Crippen molar-refractivity contribution in [1.29, 1.82) is 0 Å². The number of rotatable bonds is 33. The average Bonchev–Trinajstić information content (AvgIpc) is 1.80.